The Morgan fingerprint density at radius 2 is 1.74 bits per heavy atom. The Bertz CT molecular complexity index is 784. The molecule has 6 nitrogen and oxygen atoms in total. The third-order valence-corrected chi connectivity index (χ3v) is 6.22. The van der Waals surface area contributed by atoms with Crippen molar-refractivity contribution in [1.29, 1.82) is 0 Å². The molecule has 1 amide bonds. The van der Waals surface area contributed by atoms with Crippen LogP contribution in [0.3, 0.4) is 0 Å². The summed E-state index contributed by atoms with van der Waals surface area (Å²) in [4.78, 5) is 13.9. The minimum absolute atomic E-state index is 0.196. The number of rotatable bonds is 4. The minimum atomic E-state index is -0.565. The van der Waals surface area contributed by atoms with Crippen LogP contribution >= 0.6 is 0 Å². The Labute approximate surface area is 185 Å². The highest BCUT2D eigenvalue weighted by Gasteiger charge is 2.51. The predicted molar refractivity (Wildman–Crippen MR) is 118 cm³/mol. The molecule has 1 aromatic rings. The molecule has 0 saturated carbocycles. The highest BCUT2D eigenvalue weighted by molar-refractivity contribution is 6.62. The Hall–Kier alpha value is -1.80. The molecule has 2 fully saturated rings. The van der Waals surface area contributed by atoms with Gasteiger partial charge in [-0.25, -0.2) is 9.18 Å². The van der Waals surface area contributed by atoms with Gasteiger partial charge in [0.15, 0.2) is 11.6 Å². The van der Waals surface area contributed by atoms with Crippen LogP contribution in [0.5, 0.6) is 5.75 Å². The Morgan fingerprint density at radius 3 is 2.29 bits per heavy atom. The molecule has 31 heavy (non-hydrogen) atoms. The van der Waals surface area contributed by atoms with Gasteiger partial charge in [-0.3, -0.25) is 0 Å². The van der Waals surface area contributed by atoms with E-state index >= 15 is 0 Å². The van der Waals surface area contributed by atoms with Crippen LogP contribution < -0.4 is 10.2 Å². The molecule has 172 valence electrons. The first-order valence-electron chi connectivity index (χ1n) is 11.0. The van der Waals surface area contributed by atoms with Crippen LogP contribution in [0, 0.1) is 11.7 Å². The highest BCUT2D eigenvalue weighted by Crippen LogP contribution is 2.36. The SMILES string of the molecule is CC(C)(C)OC(=O)N1CCC(COc2cc(B3OC(C)(C)C(C)(C)O3)ccc2F)CC1. The van der Waals surface area contributed by atoms with E-state index in [0.29, 0.717) is 19.7 Å². The lowest BCUT2D eigenvalue weighted by molar-refractivity contribution is 0.00578. The zero-order valence-corrected chi connectivity index (χ0v) is 19.8. The number of benzene rings is 1. The van der Waals surface area contributed by atoms with Gasteiger partial charge >= 0.3 is 13.2 Å². The summed E-state index contributed by atoms with van der Waals surface area (Å²) >= 11 is 0. The van der Waals surface area contributed by atoms with Crippen molar-refractivity contribution in [3.8, 4) is 5.75 Å². The first-order valence-corrected chi connectivity index (χ1v) is 11.0. The number of nitrogens with zero attached hydrogens (tertiary/aromatic N) is 1. The van der Waals surface area contributed by atoms with E-state index in [2.05, 4.69) is 0 Å². The van der Waals surface area contributed by atoms with Crippen LogP contribution in [0.15, 0.2) is 18.2 Å². The normalized spacial score (nSPS) is 21.3. The molecule has 2 aliphatic rings. The van der Waals surface area contributed by atoms with Crippen LogP contribution in [0.25, 0.3) is 0 Å². The van der Waals surface area contributed by atoms with E-state index < -0.39 is 29.7 Å². The second kappa shape index (κ2) is 8.62. The van der Waals surface area contributed by atoms with Gasteiger partial charge in [0, 0.05) is 13.1 Å². The summed E-state index contributed by atoms with van der Waals surface area (Å²) in [6, 6.07) is 4.72. The maximum atomic E-state index is 14.4. The number of likely N-dealkylation sites (tertiary alicyclic amines) is 1. The van der Waals surface area contributed by atoms with Gasteiger partial charge < -0.3 is 23.7 Å². The average Bonchev–Trinajstić information content (AvgIpc) is 2.87. The monoisotopic (exact) mass is 435 g/mol. The van der Waals surface area contributed by atoms with E-state index in [9.17, 15) is 9.18 Å². The average molecular weight is 435 g/mol. The third-order valence-electron chi connectivity index (χ3n) is 6.22. The number of hydrogen-bond acceptors (Lipinski definition) is 5. The fourth-order valence-corrected chi connectivity index (χ4v) is 3.57. The topological polar surface area (TPSA) is 57.2 Å². The molecule has 2 aliphatic heterocycles. The number of ether oxygens (including phenoxy) is 2. The van der Waals surface area contributed by atoms with Crippen molar-refractivity contribution < 1.29 is 28.0 Å². The van der Waals surface area contributed by atoms with Gasteiger partial charge in [-0.2, -0.15) is 0 Å². The van der Waals surface area contributed by atoms with Crippen molar-refractivity contribution in [3.05, 3.63) is 24.0 Å². The van der Waals surface area contributed by atoms with E-state index in [1.165, 1.54) is 6.07 Å². The summed E-state index contributed by atoms with van der Waals surface area (Å²) in [7, 11) is -0.565. The van der Waals surface area contributed by atoms with Crippen LogP contribution in [-0.4, -0.2) is 54.6 Å². The van der Waals surface area contributed by atoms with Crippen LogP contribution in [0.1, 0.15) is 61.3 Å². The highest BCUT2D eigenvalue weighted by atomic mass is 19.1. The van der Waals surface area contributed by atoms with Crippen molar-refractivity contribution in [3.63, 3.8) is 0 Å². The fraction of sp³-hybridized carbons (Fsp3) is 0.696. The quantitative estimate of drug-likeness (QED) is 0.666. The molecule has 0 radical (unpaired) electrons. The fourth-order valence-electron chi connectivity index (χ4n) is 3.57. The van der Waals surface area contributed by atoms with Crippen molar-refractivity contribution in [2.45, 2.75) is 78.1 Å². The zero-order chi connectivity index (χ0) is 23.0. The molecule has 3 rings (SSSR count). The first-order chi connectivity index (χ1) is 14.3. The third kappa shape index (κ3) is 5.72. The molecule has 0 aromatic heterocycles. The Kier molecular flexibility index (Phi) is 6.64. The second-order valence-corrected chi connectivity index (χ2v) is 10.5. The number of carbonyl (C=O) groups is 1. The number of carbonyl (C=O) groups excluding carboxylic acids is 1. The van der Waals surface area contributed by atoms with Crippen molar-refractivity contribution in [2.24, 2.45) is 5.92 Å². The van der Waals surface area contributed by atoms with Crippen molar-refractivity contribution >= 4 is 18.7 Å². The van der Waals surface area contributed by atoms with Gasteiger partial charge in [0.25, 0.3) is 0 Å². The maximum Gasteiger partial charge on any atom is 0.494 e. The van der Waals surface area contributed by atoms with Crippen LogP contribution in [-0.2, 0) is 14.0 Å². The van der Waals surface area contributed by atoms with Crippen molar-refractivity contribution in [1.82, 2.24) is 4.90 Å². The summed E-state index contributed by atoms with van der Waals surface area (Å²) in [5.41, 5.74) is -0.698. The number of amides is 1. The molecule has 0 spiro atoms. The van der Waals surface area contributed by atoms with Crippen molar-refractivity contribution in [2.75, 3.05) is 19.7 Å². The van der Waals surface area contributed by atoms with Gasteiger partial charge in [-0.15, -0.1) is 0 Å². The molecule has 0 N–H and O–H groups in total. The molecule has 2 heterocycles. The van der Waals surface area contributed by atoms with E-state index in [4.69, 9.17) is 18.8 Å². The van der Waals surface area contributed by atoms with Gasteiger partial charge in [-0.1, -0.05) is 6.07 Å². The smallest absolute Gasteiger partial charge is 0.490 e. The lowest BCUT2D eigenvalue weighted by Crippen LogP contribution is -2.42. The molecule has 0 unspecified atom stereocenters. The lowest BCUT2D eigenvalue weighted by atomic mass is 9.79. The molecule has 2 saturated heterocycles. The first kappa shape index (κ1) is 23.9. The van der Waals surface area contributed by atoms with Crippen LogP contribution in [0.4, 0.5) is 9.18 Å². The number of hydrogen-bond donors (Lipinski definition) is 0. The molecule has 1 aromatic carbocycles. The predicted octanol–water partition coefficient (Wildman–Crippen LogP) is 4.15. The standard InChI is InChI=1S/C23H35BFNO5/c1-21(2,3)29-20(27)26-12-10-16(11-13-26)15-28-19-14-17(8-9-18(19)25)24-30-22(4,5)23(6,7)31-24/h8-9,14,16H,10-13,15H2,1-7H3. The molecule has 0 aliphatic carbocycles. The summed E-state index contributed by atoms with van der Waals surface area (Å²) in [5, 5.41) is 0. The zero-order valence-electron chi connectivity index (χ0n) is 19.8. The summed E-state index contributed by atoms with van der Waals surface area (Å²) < 4.78 is 37.7. The minimum Gasteiger partial charge on any atom is -0.490 e. The Morgan fingerprint density at radius 1 is 1.16 bits per heavy atom. The molecular formula is C23H35BFNO5. The van der Waals surface area contributed by atoms with Gasteiger partial charge in [-0.05, 0) is 84.8 Å². The molecule has 8 heteroatoms. The van der Waals surface area contributed by atoms with E-state index in [1.807, 2.05) is 48.5 Å². The maximum absolute atomic E-state index is 14.4. The lowest BCUT2D eigenvalue weighted by Gasteiger charge is -2.33. The van der Waals surface area contributed by atoms with Gasteiger partial charge in [0.1, 0.15) is 5.60 Å². The molecule has 0 atom stereocenters. The van der Waals surface area contributed by atoms with E-state index in [1.54, 1.807) is 17.0 Å². The van der Waals surface area contributed by atoms with Crippen LogP contribution in [0.2, 0.25) is 0 Å². The van der Waals surface area contributed by atoms with E-state index in [0.717, 1.165) is 18.3 Å². The second-order valence-electron chi connectivity index (χ2n) is 10.5. The number of halogens is 1. The summed E-state index contributed by atoms with van der Waals surface area (Å²) in [6.07, 6.45) is 1.29. The summed E-state index contributed by atoms with van der Waals surface area (Å²) in [5.74, 6) is 0.0341. The molecule has 0 bridgehead atoms. The summed E-state index contributed by atoms with van der Waals surface area (Å²) in [6.45, 7) is 15.1. The molecular weight excluding hydrogens is 400 g/mol. The number of piperidine rings is 1. The van der Waals surface area contributed by atoms with Gasteiger partial charge in [0.2, 0.25) is 0 Å². The largest absolute Gasteiger partial charge is 0.494 e. The van der Waals surface area contributed by atoms with Gasteiger partial charge in [0.05, 0.1) is 17.8 Å². The van der Waals surface area contributed by atoms with E-state index in [-0.39, 0.29) is 17.8 Å². The Balaban J connectivity index is 1.55.